The number of esters is 1. The van der Waals surface area contributed by atoms with Gasteiger partial charge in [-0.05, 0) is 56.9 Å². The molecule has 0 saturated carbocycles. The summed E-state index contributed by atoms with van der Waals surface area (Å²) in [7, 11) is 2.01. The van der Waals surface area contributed by atoms with E-state index >= 15 is 0 Å². The number of hydrogen-bond acceptors (Lipinski definition) is 4. The van der Waals surface area contributed by atoms with Crippen LogP contribution in [0.2, 0.25) is 0 Å². The van der Waals surface area contributed by atoms with Gasteiger partial charge in [-0.3, -0.25) is 0 Å². The molecule has 0 spiro atoms. The summed E-state index contributed by atoms with van der Waals surface area (Å²) in [4.78, 5) is 22.3. The second-order valence-corrected chi connectivity index (χ2v) is 9.47. The predicted molar refractivity (Wildman–Crippen MR) is 131 cm³/mol. The van der Waals surface area contributed by atoms with Crippen LogP contribution in [0, 0.1) is 6.92 Å². The smallest absolute Gasteiger partial charge is 0.339 e. The van der Waals surface area contributed by atoms with Crippen molar-refractivity contribution >= 4 is 17.3 Å². The Bertz CT molecular complexity index is 1290. The average Bonchev–Trinajstić information content (AvgIpc) is 3.23. The molecule has 0 aliphatic rings. The predicted octanol–water partition coefficient (Wildman–Crippen LogP) is 5.70. The minimum Gasteiger partial charge on any atom is -0.456 e. The zero-order valence-electron chi connectivity index (χ0n) is 20.3. The van der Waals surface area contributed by atoms with Gasteiger partial charge in [-0.1, -0.05) is 49.4 Å². The topological polar surface area (TPSA) is 61.9 Å². The maximum atomic E-state index is 12.7. The minimum absolute atomic E-state index is 0.308. The number of aryl methyl sites for hydroxylation is 3. The number of aromatic nitrogens is 4. The van der Waals surface area contributed by atoms with Gasteiger partial charge in [-0.15, -0.1) is 0 Å². The molecule has 0 bridgehead atoms. The molecule has 33 heavy (non-hydrogen) atoms. The van der Waals surface area contributed by atoms with Crippen LogP contribution in [0.4, 0.5) is 0 Å². The molecule has 0 atom stereocenters. The number of rotatable bonds is 6. The van der Waals surface area contributed by atoms with Gasteiger partial charge in [-0.2, -0.15) is 0 Å². The first kappa shape index (κ1) is 22.8. The molecule has 0 aliphatic carbocycles. The first-order valence-corrected chi connectivity index (χ1v) is 11.5. The Labute approximate surface area is 195 Å². The lowest BCUT2D eigenvalue weighted by Gasteiger charge is -2.20. The van der Waals surface area contributed by atoms with Gasteiger partial charge in [0.2, 0.25) is 0 Å². The lowest BCUT2D eigenvalue weighted by Crippen LogP contribution is -2.24. The largest absolute Gasteiger partial charge is 0.456 e. The van der Waals surface area contributed by atoms with Gasteiger partial charge in [0.15, 0.2) is 11.3 Å². The van der Waals surface area contributed by atoms with Crippen molar-refractivity contribution in [2.45, 2.75) is 59.6 Å². The van der Waals surface area contributed by atoms with E-state index in [2.05, 4.69) is 35.8 Å². The van der Waals surface area contributed by atoms with Crippen molar-refractivity contribution in [3.8, 4) is 11.1 Å². The quantitative estimate of drug-likeness (QED) is 0.358. The van der Waals surface area contributed by atoms with Crippen LogP contribution in [0.1, 0.15) is 61.7 Å². The number of fused-ring (bicyclic) bond motifs is 1. The molecule has 4 rings (SSSR count). The fraction of sp³-hybridized carbons (Fsp3) is 0.370. The molecule has 172 valence electrons. The molecule has 4 aromatic rings. The van der Waals surface area contributed by atoms with E-state index in [9.17, 15) is 4.79 Å². The average molecular weight is 445 g/mol. The van der Waals surface area contributed by atoms with Gasteiger partial charge in [0.1, 0.15) is 17.2 Å². The zero-order valence-corrected chi connectivity index (χ0v) is 20.3. The molecule has 0 fully saturated rings. The third-order valence-electron chi connectivity index (χ3n) is 5.70. The summed E-state index contributed by atoms with van der Waals surface area (Å²) >= 11 is 0. The van der Waals surface area contributed by atoms with Crippen molar-refractivity contribution in [2.75, 3.05) is 0 Å². The number of benzene rings is 2. The summed E-state index contributed by atoms with van der Waals surface area (Å²) in [5, 5.41) is 0. The van der Waals surface area contributed by atoms with Crippen molar-refractivity contribution < 1.29 is 9.53 Å². The van der Waals surface area contributed by atoms with E-state index in [4.69, 9.17) is 14.7 Å². The number of nitrogens with zero attached hydrogens (tertiary/aromatic N) is 4. The van der Waals surface area contributed by atoms with Crippen LogP contribution in [-0.4, -0.2) is 30.7 Å². The Hall–Kier alpha value is -3.41. The van der Waals surface area contributed by atoms with Crippen LogP contribution < -0.4 is 0 Å². The van der Waals surface area contributed by atoms with Crippen molar-refractivity contribution in [1.29, 1.82) is 0 Å². The summed E-state index contributed by atoms with van der Waals surface area (Å²) in [5.74, 6) is 1.71. The molecule has 0 unspecified atom stereocenters. The molecule has 0 saturated heterocycles. The first-order valence-electron chi connectivity index (χ1n) is 11.5. The van der Waals surface area contributed by atoms with Crippen molar-refractivity contribution in [1.82, 2.24) is 19.1 Å². The van der Waals surface area contributed by atoms with Gasteiger partial charge in [-0.25, -0.2) is 14.8 Å². The number of hydrogen-bond donors (Lipinski definition) is 0. The van der Waals surface area contributed by atoms with E-state index < -0.39 is 5.60 Å². The van der Waals surface area contributed by atoms with E-state index in [1.54, 1.807) is 0 Å². The minimum atomic E-state index is -0.537. The number of ether oxygens (including phenoxy) is 1. The Morgan fingerprint density at radius 1 is 1.00 bits per heavy atom. The highest BCUT2D eigenvalue weighted by Crippen LogP contribution is 2.27. The van der Waals surface area contributed by atoms with Gasteiger partial charge >= 0.3 is 5.97 Å². The van der Waals surface area contributed by atoms with E-state index in [1.165, 1.54) is 0 Å². The van der Waals surface area contributed by atoms with Crippen LogP contribution >= 0.6 is 0 Å². The molecular formula is C27H32N4O2. The van der Waals surface area contributed by atoms with Crippen molar-refractivity contribution in [3.05, 3.63) is 71.3 Å². The molecule has 6 nitrogen and oxygen atoms in total. The van der Waals surface area contributed by atoms with Gasteiger partial charge in [0.05, 0.1) is 12.1 Å². The summed E-state index contributed by atoms with van der Waals surface area (Å²) in [6.07, 6.45) is 1.94. The Morgan fingerprint density at radius 3 is 2.36 bits per heavy atom. The highest BCUT2D eigenvalue weighted by atomic mass is 16.6. The SMILES string of the molecule is CCCc1nc2c(nc(C)n2C)n1Cc1ccc(-c2ccccc2C(=O)OC(C)(C)C)cc1. The Kier molecular flexibility index (Phi) is 6.11. The van der Waals surface area contributed by atoms with Crippen molar-refractivity contribution in [3.63, 3.8) is 0 Å². The van der Waals surface area contributed by atoms with Crippen LogP contribution in [0.15, 0.2) is 48.5 Å². The van der Waals surface area contributed by atoms with Crippen LogP contribution in [0.3, 0.4) is 0 Å². The maximum absolute atomic E-state index is 12.7. The Morgan fingerprint density at radius 2 is 1.70 bits per heavy atom. The first-order chi connectivity index (χ1) is 15.7. The summed E-state index contributed by atoms with van der Waals surface area (Å²) in [5.41, 5.74) is 4.91. The molecule has 0 N–H and O–H groups in total. The monoisotopic (exact) mass is 444 g/mol. The van der Waals surface area contributed by atoms with E-state index in [1.807, 2.05) is 63.6 Å². The fourth-order valence-electron chi connectivity index (χ4n) is 3.99. The van der Waals surface area contributed by atoms with E-state index in [-0.39, 0.29) is 5.97 Å². The maximum Gasteiger partial charge on any atom is 0.339 e. The molecule has 0 radical (unpaired) electrons. The van der Waals surface area contributed by atoms with Gasteiger partial charge < -0.3 is 13.9 Å². The fourth-order valence-corrected chi connectivity index (χ4v) is 3.99. The lowest BCUT2D eigenvalue weighted by atomic mass is 9.98. The number of carbonyl (C=O) groups is 1. The number of carbonyl (C=O) groups excluding carboxylic acids is 1. The summed E-state index contributed by atoms with van der Waals surface area (Å²) in [6, 6.07) is 15.9. The van der Waals surface area contributed by atoms with Crippen LogP contribution in [0.5, 0.6) is 0 Å². The van der Waals surface area contributed by atoms with Crippen LogP contribution in [-0.2, 0) is 24.8 Å². The zero-order chi connectivity index (χ0) is 23.8. The third kappa shape index (κ3) is 4.70. The lowest BCUT2D eigenvalue weighted by molar-refractivity contribution is 0.00704. The second-order valence-electron chi connectivity index (χ2n) is 9.47. The normalized spacial score (nSPS) is 11.8. The highest BCUT2D eigenvalue weighted by molar-refractivity contribution is 5.97. The molecular weight excluding hydrogens is 412 g/mol. The van der Waals surface area contributed by atoms with E-state index in [0.29, 0.717) is 12.1 Å². The Balaban J connectivity index is 1.64. The number of imidazole rings is 2. The van der Waals surface area contributed by atoms with Crippen molar-refractivity contribution in [2.24, 2.45) is 7.05 Å². The highest BCUT2D eigenvalue weighted by Gasteiger charge is 2.21. The van der Waals surface area contributed by atoms with Gasteiger partial charge in [0.25, 0.3) is 0 Å². The third-order valence-corrected chi connectivity index (χ3v) is 5.70. The van der Waals surface area contributed by atoms with Crippen LogP contribution in [0.25, 0.3) is 22.4 Å². The molecule has 0 aliphatic heterocycles. The standard InChI is InChI=1S/C27H32N4O2/c1-7-10-23-29-24-25(28-18(2)30(24)6)31(23)17-19-13-15-20(16-14-19)21-11-8-9-12-22(21)26(32)33-27(3,4)5/h8-9,11-16H,7,10,17H2,1-6H3. The summed E-state index contributed by atoms with van der Waals surface area (Å²) < 4.78 is 9.87. The second kappa shape index (κ2) is 8.85. The molecule has 0 amide bonds. The molecule has 2 heterocycles. The van der Waals surface area contributed by atoms with Gasteiger partial charge in [0, 0.05) is 13.5 Å². The molecule has 6 heteroatoms. The molecule has 2 aromatic carbocycles. The van der Waals surface area contributed by atoms with E-state index in [0.717, 1.165) is 52.5 Å². The summed E-state index contributed by atoms with van der Waals surface area (Å²) in [6.45, 7) is 10.5. The molecule has 2 aromatic heterocycles.